The van der Waals surface area contributed by atoms with Crippen molar-refractivity contribution in [3.05, 3.63) is 65.1 Å². The smallest absolute Gasteiger partial charge is 0.219 e. The lowest BCUT2D eigenvalue weighted by Crippen LogP contribution is -3.15. The van der Waals surface area contributed by atoms with Crippen LogP contribution in [0, 0.1) is 5.82 Å². The molecule has 0 radical (unpaired) electrons. The first-order chi connectivity index (χ1) is 12.6. The number of quaternary nitrogens is 1. The standard InChI is InChI=1S/C20H19ClFN3O/c21-14-2-1-3-16(10-14)25-8-6-24(7-9-25)13-20(26)18-12-23-19-5-4-15(22)11-17(18)19/h1-5,10-12,23H,6-9,13H2/p+1. The number of piperazine rings is 1. The summed E-state index contributed by atoms with van der Waals surface area (Å²) in [5.74, 6) is -0.276. The maximum absolute atomic E-state index is 13.5. The second-order valence-corrected chi connectivity index (χ2v) is 7.15. The van der Waals surface area contributed by atoms with Gasteiger partial charge >= 0.3 is 0 Å². The van der Waals surface area contributed by atoms with Crippen molar-refractivity contribution in [3.63, 3.8) is 0 Å². The predicted octanol–water partition coefficient (Wildman–Crippen LogP) is 2.55. The molecule has 134 valence electrons. The van der Waals surface area contributed by atoms with Gasteiger partial charge in [0.1, 0.15) is 12.4 Å². The van der Waals surface area contributed by atoms with E-state index in [2.05, 4.69) is 16.0 Å². The number of ketones is 1. The van der Waals surface area contributed by atoms with Crippen molar-refractivity contribution in [2.45, 2.75) is 0 Å². The van der Waals surface area contributed by atoms with E-state index >= 15 is 0 Å². The quantitative estimate of drug-likeness (QED) is 0.691. The van der Waals surface area contributed by atoms with Crippen LogP contribution in [0.25, 0.3) is 10.9 Å². The normalized spacial score (nSPS) is 15.5. The second-order valence-electron chi connectivity index (χ2n) is 6.71. The summed E-state index contributed by atoms with van der Waals surface area (Å²) in [4.78, 5) is 19.3. The molecule has 0 atom stereocenters. The number of H-pyrrole nitrogens is 1. The molecule has 1 saturated heterocycles. The van der Waals surface area contributed by atoms with E-state index in [0.717, 1.165) is 42.4 Å². The number of nitrogens with one attached hydrogen (secondary N) is 2. The number of rotatable bonds is 4. The zero-order valence-corrected chi connectivity index (χ0v) is 15.0. The Morgan fingerprint density at radius 2 is 2.00 bits per heavy atom. The first kappa shape index (κ1) is 17.1. The van der Waals surface area contributed by atoms with Gasteiger partial charge in [-0.05, 0) is 36.4 Å². The Hall–Kier alpha value is -2.37. The summed E-state index contributed by atoms with van der Waals surface area (Å²) < 4.78 is 13.5. The zero-order chi connectivity index (χ0) is 18.1. The van der Waals surface area contributed by atoms with E-state index in [0.29, 0.717) is 17.5 Å². The molecular weight excluding hydrogens is 353 g/mol. The van der Waals surface area contributed by atoms with Crippen LogP contribution >= 0.6 is 11.6 Å². The Morgan fingerprint density at radius 3 is 2.77 bits per heavy atom. The van der Waals surface area contributed by atoms with Gasteiger partial charge in [0.05, 0.1) is 26.2 Å². The minimum absolute atomic E-state index is 0.0491. The number of carbonyl (C=O) groups is 1. The van der Waals surface area contributed by atoms with Crippen LogP contribution in [0.2, 0.25) is 5.02 Å². The molecule has 0 bridgehead atoms. The van der Waals surface area contributed by atoms with Crippen molar-refractivity contribution in [2.75, 3.05) is 37.6 Å². The number of nitrogens with zero attached hydrogens (tertiary/aromatic N) is 1. The Labute approximate surface area is 156 Å². The summed E-state index contributed by atoms with van der Waals surface area (Å²) in [6.07, 6.45) is 1.69. The second kappa shape index (κ2) is 7.09. The largest absolute Gasteiger partial charge is 0.360 e. The maximum atomic E-state index is 13.5. The molecule has 1 aliphatic heterocycles. The van der Waals surface area contributed by atoms with Crippen LogP contribution in [0.4, 0.5) is 10.1 Å². The van der Waals surface area contributed by atoms with E-state index in [1.165, 1.54) is 17.0 Å². The van der Waals surface area contributed by atoms with Gasteiger partial charge in [0, 0.05) is 33.4 Å². The van der Waals surface area contributed by atoms with Crippen molar-refractivity contribution < 1.29 is 14.1 Å². The molecular formula is C20H20ClFN3O+. The predicted molar refractivity (Wildman–Crippen MR) is 102 cm³/mol. The Morgan fingerprint density at radius 1 is 1.19 bits per heavy atom. The maximum Gasteiger partial charge on any atom is 0.219 e. The molecule has 4 nitrogen and oxygen atoms in total. The van der Waals surface area contributed by atoms with Gasteiger partial charge in [-0.2, -0.15) is 0 Å². The molecule has 1 aliphatic rings. The number of fused-ring (bicyclic) bond motifs is 1. The number of anilines is 1. The number of hydrogen-bond donors (Lipinski definition) is 2. The van der Waals surface area contributed by atoms with E-state index < -0.39 is 0 Å². The molecule has 0 saturated carbocycles. The third-order valence-electron chi connectivity index (χ3n) is 5.00. The number of hydrogen-bond acceptors (Lipinski definition) is 2. The molecule has 0 amide bonds. The van der Waals surface area contributed by atoms with E-state index in [-0.39, 0.29) is 11.6 Å². The van der Waals surface area contributed by atoms with Crippen LogP contribution in [0.3, 0.4) is 0 Å². The number of halogens is 2. The van der Waals surface area contributed by atoms with E-state index in [1.54, 1.807) is 12.3 Å². The minimum atomic E-state index is -0.325. The fourth-order valence-electron chi connectivity index (χ4n) is 3.58. The van der Waals surface area contributed by atoms with Crippen molar-refractivity contribution in [2.24, 2.45) is 0 Å². The fourth-order valence-corrected chi connectivity index (χ4v) is 3.76. The fraction of sp³-hybridized carbons (Fsp3) is 0.250. The number of aromatic nitrogens is 1. The summed E-state index contributed by atoms with van der Waals surface area (Å²) in [6, 6.07) is 12.3. The lowest BCUT2D eigenvalue weighted by Gasteiger charge is -2.33. The lowest BCUT2D eigenvalue weighted by molar-refractivity contribution is -0.892. The van der Waals surface area contributed by atoms with Gasteiger partial charge in [-0.25, -0.2) is 4.39 Å². The molecule has 1 fully saturated rings. The molecule has 0 unspecified atom stereocenters. The summed E-state index contributed by atoms with van der Waals surface area (Å²) >= 11 is 6.07. The highest BCUT2D eigenvalue weighted by molar-refractivity contribution is 6.30. The van der Waals surface area contributed by atoms with Crippen molar-refractivity contribution in [3.8, 4) is 0 Å². The SMILES string of the molecule is O=C(C[NH+]1CCN(c2cccc(Cl)c2)CC1)c1c[nH]c2ccc(F)cc12. The third-order valence-corrected chi connectivity index (χ3v) is 5.23. The number of benzene rings is 2. The topological polar surface area (TPSA) is 40.5 Å². The van der Waals surface area contributed by atoms with E-state index in [1.807, 2.05) is 18.2 Å². The highest BCUT2D eigenvalue weighted by Crippen LogP contribution is 2.20. The number of carbonyl (C=O) groups excluding carboxylic acids is 1. The highest BCUT2D eigenvalue weighted by Gasteiger charge is 2.24. The van der Waals surface area contributed by atoms with Gasteiger partial charge < -0.3 is 14.8 Å². The number of Topliss-reactive ketones (excluding diaryl/α,β-unsaturated/α-hetero) is 1. The summed E-state index contributed by atoms with van der Waals surface area (Å²) in [5, 5.41) is 1.39. The molecule has 3 aromatic rings. The van der Waals surface area contributed by atoms with Gasteiger partial charge in [-0.1, -0.05) is 17.7 Å². The Bertz CT molecular complexity index is 947. The molecule has 0 aliphatic carbocycles. The first-order valence-corrected chi connectivity index (χ1v) is 9.12. The van der Waals surface area contributed by atoms with Crippen LogP contribution in [-0.4, -0.2) is 43.5 Å². The first-order valence-electron chi connectivity index (χ1n) is 8.74. The number of aromatic amines is 1. The molecule has 6 heteroatoms. The molecule has 1 aromatic heterocycles. The average molecular weight is 373 g/mol. The van der Waals surface area contributed by atoms with Gasteiger partial charge in [0.15, 0.2) is 0 Å². The monoisotopic (exact) mass is 372 g/mol. The van der Waals surface area contributed by atoms with Crippen molar-refractivity contribution in [1.29, 1.82) is 0 Å². The zero-order valence-electron chi connectivity index (χ0n) is 14.3. The molecule has 2 N–H and O–H groups in total. The molecule has 26 heavy (non-hydrogen) atoms. The van der Waals surface area contributed by atoms with E-state index in [9.17, 15) is 9.18 Å². The summed E-state index contributed by atoms with van der Waals surface area (Å²) in [5.41, 5.74) is 2.48. The van der Waals surface area contributed by atoms with Crippen LogP contribution in [-0.2, 0) is 0 Å². The summed E-state index contributed by atoms with van der Waals surface area (Å²) in [6.45, 7) is 3.95. The summed E-state index contributed by atoms with van der Waals surface area (Å²) in [7, 11) is 0. The Kier molecular flexibility index (Phi) is 4.66. The third kappa shape index (κ3) is 3.45. The minimum Gasteiger partial charge on any atom is -0.360 e. The van der Waals surface area contributed by atoms with E-state index in [4.69, 9.17) is 11.6 Å². The van der Waals surface area contributed by atoms with Gasteiger partial charge in [0.25, 0.3) is 0 Å². The Balaban J connectivity index is 1.41. The van der Waals surface area contributed by atoms with Crippen LogP contribution in [0.5, 0.6) is 0 Å². The lowest BCUT2D eigenvalue weighted by atomic mass is 10.1. The molecule has 2 heterocycles. The van der Waals surface area contributed by atoms with Crippen LogP contribution < -0.4 is 9.80 Å². The average Bonchev–Trinajstić information content (AvgIpc) is 3.05. The van der Waals surface area contributed by atoms with Crippen LogP contribution in [0.15, 0.2) is 48.7 Å². The van der Waals surface area contributed by atoms with Gasteiger partial charge in [0.2, 0.25) is 5.78 Å². The molecule has 0 spiro atoms. The molecule has 2 aromatic carbocycles. The van der Waals surface area contributed by atoms with Crippen molar-refractivity contribution in [1.82, 2.24) is 4.98 Å². The molecule has 4 rings (SSSR count). The van der Waals surface area contributed by atoms with Gasteiger partial charge in [-0.3, -0.25) is 4.79 Å². The highest BCUT2D eigenvalue weighted by atomic mass is 35.5. The van der Waals surface area contributed by atoms with Crippen LogP contribution in [0.1, 0.15) is 10.4 Å². The van der Waals surface area contributed by atoms with Crippen molar-refractivity contribution >= 4 is 34.0 Å². The van der Waals surface area contributed by atoms with Gasteiger partial charge in [-0.15, -0.1) is 0 Å².